The summed E-state index contributed by atoms with van der Waals surface area (Å²) < 4.78 is 30.1. The Kier molecular flexibility index (Phi) is 4.79. The van der Waals surface area contributed by atoms with Crippen LogP contribution in [0.4, 0.5) is 0 Å². The summed E-state index contributed by atoms with van der Waals surface area (Å²) in [5.74, 6) is 0.00719. The zero-order valence-electron chi connectivity index (χ0n) is 8.60. The predicted octanol–water partition coefficient (Wildman–Crippen LogP) is -0.363. The summed E-state index contributed by atoms with van der Waals surface area (Å²) in [6, 6.07) is -0.194. The highest BCUT2D eigenvalue weighted by molar-refractivity contribution is 7.89. The van der Waals surface area contributed by atoms with Crippen LogP contribution in [0.5, 0.6) is 0 Å². The molecule has 1 fully saturated rings. The fourth-order valence-corrected chi connectivity index (χ4v) is 3.52. The Morgan fingerprint density at radius 1 is 1.60 bits per heavy atom. The maximum Gasteiger partial charge on any atom is 0.215 e. The van der Waals surface area contributed by atoms with E-state index in [1.165, 1.54) is 4.31 Å². The van der Waals surface area contributed by atoms with Gasteiger partial charge in [-0.1, -0.05) is 0 Å². The molecule has 0 radical (unpaired) electrons. The molecule has 1 heterocycles. The van der Waals surface area contributed by atoms with Gasteiger partial charge in [0.15, 0.2) is 0 Å². The lowest BCUT2D eigenvalue weighted by atomic mass is 10.2. The minimum atomic E-state index is -3.32. The second-order valence-electron chi connectivity index (χ2n) is 3.56. The van der Waals surface area contributed by atoms with Gasteiger partial charge in [0.25, 0.3) is 0 Å². The third kappa shape index (κ3) is 3.29. The number of rotatable bonds is 4. The molecule has 2 unspecified atom stereocenters. The highest BCUT2D eigenvalue weighted by atomic mass is 35.5. The SMILES string of the molecule is CC1COC(CO)CN1S(=O)(=O)CCCl. The number of nitrogens with zero attached hydrogens (tertiary/aromatic N) is 1. The van der Waals surface area contributed by atoms with E-state index in [1.54, 1.807) is 6.92 Å². The van der Waals surface area contributed by atoms with Gasteiger partial charge in [-0.25, -0.2) is 8.42 Å². The Hall–Kier alpha value is 0.120. The Morgan fingerprint density at radius 2 is 2.27 bits per heavy atom. The topological polar surface area (TPSA) is 66.8 Å². The van der Waals surface area contributed by atoms with Crippen molar-refractivity contribution in [2.45, 2.75) is 19.1 Å². The average Bonchev–Trinajstić information content (AvgIpc) is 2.18. The number of morpholine rings is 1. The third-order valence-electron chi connectivity index (χ3n) is 2.34. The molecule has 0 saturated carbocycles. The molecule has 1 aliphatic heterocycles. The van der Waals surface area contributed by atoms with Gasteiger partial charge < -0.3 is 9.84 Å². The van der Waals surface area contributed by atoms with Crippen molar-refractivity contribution in [1.29, 1.82) is 0 Å². The van der Waals surface area contributed by atoms with E-state index in [2.05, 4.69) is 0 Å². The number of hydrogen-bond donors (Lipinski definition) is 1. The molecule has 90 valence electrons. The molecule has 0 aromatic rings. The molecule has 1 saturated heterocycles. The Morgan fingerprint density at radius 3 is 2.80 bits per heavy atom. The van der Waals surface area contributed by atoms with Crippen molar-refractivity contribution in [1.82, 2.24) is 4.31 Å². The molecule has 7 heteroatoms. The first-order valence-electron chi connectivity index (χ1n) is 4.79. The van der Waals surface area contributed by atoms with Crippen molar-refractivity contribution in [2.24, 2.45) is 0 Å². The third-order valence-corrected chi connectivity index (χ3v) is 4.70. The van der Waals surface area contributed by atoms with Crippen LogP contribution in [0.2, 0.25) is 0 Å². The molecular weight excluding hydrogens is 242 g/mol. The Balaban J connectivity index is 2.73. The van der Waals surface area contributed by atoms with Gasteiger partial charge in [0, 0.05) is 18.5 Å². The molecule has 1 rings (SSSR count). The van der Waals surface area contributed by atoms with E-state index in [1.807, 2.05) is 0 Å². The number of aliphatic hydroxyl groups is 1. The molecule has 1 N–H and O–H groups in total. The standard InChI is InChI=1S/C8H16ClNO4S/c1-7-6-14-8(5-11)4-10(7)15(12,13)3-2-9/h7-8,11H,2-6H2,1H3. The quantitative estimate of drug-likeness (QED) is 0.699. The summed E-state index contributed by atoms with van der Waals surface area (Å²) in [6.07, 6.45) is -0.425. The molecule has 0 amide bonds. The number of alkyl halides is 1. The summed E-state index contributed by atoms with van der Waals surface area (Å²) >= 11 is 5.44. The van der Waals surface area contributed by atoms with Gasteiger partial charge in [0.1, 0.15) is 0 Å². The lowest BCUT2D eigenvalue weighted by molar-refractivity contribution is -0.0515. The molecule has 1 aliphatic rings. The summed E-state index contributed by atoms with van der Waals surface area (Å²) in [6.45, 7) is 2.13. The zero-order chi connectivity index (χ0) is 11.5. The van der Waals surface area contributed by atoms with Crippen molar-refractivity contribution in [2.75, 3.05) is 31.4 Å². The largest absolute Gasteiger partial charge is 0.394 e. The van der Waals surface area contributed by atoms with Crippen molar-refractivity contribution in [3.05, 3.63) is 0 Å². The van der Waals surface area contributed by atoms with E-state index >= 15 is 0 Å². The fraction of sp³-hybridized carbons (Fsp3) is 1.00. The molecule has 0 aromatic heterocycles. The summed E-state index contributed by atoms with van der Waals surface area (Å²) in [5.41, 5.74) is 0. The van der Waals surface area contributed by atoms with Gasteiger partial charge in [-0.3, -0.25) is 0 Å². The van der Waals surface area contributed by atoms with Crippen LogP contribution in [0.15, 0.2) is 0 Å². The first-order valence-corrected chi connectivity index (χ1v) is 6.93. The van der Waals surface area contributed by atoms with Crippen LogP contribution in [-0.2, 0) is 14.8 Å². The van der Waals surface area contributed by atoms with E-state index in [4.69, 9.17) is 21.4 Å². The molecule has 15 heavy (non-hydrogen) atoms. The molecular formula is C8H16ClNO4S. The van der Waals surface area contributed by atoms with Crippen LogP contribution >= 0.6 is 11.6 Å². The average molecular weight is 258 g/mol. The van der Waals surface area contributed by atoms with Crippen LogP contribution in [0.3, 0.4) is 0 Å². The molecule has 2 atom stereocenters. The zero-order valence-corrected chi connectivity index (χ0v) is 10.2. The summed E-state index contributed by atoms with van der Waals surface area (Å²) in [4.78, 5) is 0. The smallest absolute Gasteiger partial charge is 0.215 e. The number of halogens is 1. The van der Waals surface area contributed by atoms with Gasteiger partial charge in [0.05, 0.1) is 25.1 Å². The summed E-state index contributed by atoms with van der Waals surface area (Å²) in [7, 11) is -3.32. The maximum absolute atomic E-state index is 11.8. The highest BCUT2D eigenvalue weighted by Gasteiger charge is 2.33. The Labute approximate surface area is 95.0 Å². The van der Waals surface area contributed by atoms with Crippen molar-refractivity contribution < 1.29 is 18.3 Å². The summed E-state index contributed by atoms with van der Waals surface area (Å²) in [5, 5.41) is 8.92. The van der Waals surface area contributed by atoms with Gasteiger partial charge >= 0.3 is 0 Å². The van der Waals surface area contributed by atoms with Crippen molar-refractivity contribution in [3.8, 4) is 0 Å². The van der Waals surface area contributed by atoms with Crippen LogP contribution < -0.4 is 0 Å². The monoisotopic (exact) mass is 257 g/mol. The highest BCUT2D eigenvalue weighted by Crippen LogP contribution is 2.16. The molecule has 0 spiro atoms. The van der Waals surface area contributed by atoms with Gasteiger partial charge in [-0.2, -0.15) is 4.31 Å². The van der Waals surface area contributed by atoms with Gasteiger partial charge in [-0.15, -0.1) is 11.6 Å². The van der Waals surface area contributed by atoms with Gasteiger partial charge in [0.2, 0.25) is 10.0 Å². The minimum Gasteiger partial charge on any atom is -0.394 e. The number of ether oxygens (including phenoxy) is 1. The van der Waals surface area contributed by atoms with Crippen LogP contribution in [0, 0.1) is 0 Å². The number of sulfonamides is 1. The second-order valence-corrected chi connectivity index (χ2v) is 5.98. The lowest BCUT2D eigenvalue weighted by Gasteiger charge is -2.36. The molecule has 0 bridgehead atoms. The number of aliphatic hydroxyl groups excluding tert-OH is 1. The van der Waals surface area contributed by atoms with Crippen LogP contribution in [0.1, 0.15) is 6.92 Å². The van der Waals surface area contributed by atoms with E-state index in [-0.39, 0.29) is 30.8 Å². The van der Waals surface area contributed by atoms with E-state index in [0.717, 1.165) is 0 Å². The van der Waals surface area contributed by atoms with Crippen molar-refractivity contribution >= 4 is 21.6 Å². The first-order chi connectivity index (χ1) is 7.01. The fourth-order valence-electron chi connectivity index (χ4n) is 1.50. The minimum absolute atomic E-state index is 0.0724. The van der Waals surface area contributed by atoms with Crippen molar-refractivity contribution in [3.63, 3.8) is 0 Å². The van der Waals surface area contributed by atoms with E-state index < -0.39 is 16.1 Å². The molecule has 5 nitrogen and oxygen atoms in total. The van der Waals surface area contributed by atoms with E-state index in [0.29, 0.717) is 6.61 Å². The Bertz CT molecular complexity index is 295. The van der Waals surface area contributed by atoms with E-state index in [9.17, 15) is 8.42 Å². The maximum atomic E-state index is 11.8. The predicted molar refractivity (Wildman–Crippen MR) is 57.5 cm³/mol. The van der Waals surface area contributed by atoms with Crippen LogP contribution in [-0.4, -0.2) is 61.4 Å². The molecule has 0 aliphatic carbocycles. The normalized spacial score (nSPS) is 29.3. The molecule has 0 aromatic carbocycles. The number of hydrogen-bond acceptors (Lipinski definition) is 4. The lowest BCUT2D eigenvalue weighted by Crippen LogP contribution is -2.52. The first kappa shape index (κ1) is 13.2. The van der Waals surface area contributed by atoms with Crippen LogP contribution in [0.25, 0.3) is 0 Å². The van der Waals surface area contributed by atoms with Gasteiger partial charge in [-0.05, 0) is 6.92 Å². The second kappa shape index (κ2) is 5.45.